The lowest BCUT2D eigenvalue weighted by atomic mass is 10.0. The molecule has 0 spiro atoms. The first-order valence-corrected chi connectivity index (χ1v) is 10.8. The Balaban J connectivity index is 1.79. The van der Waals surface area contributed by atoms with Crippen LogP contribution in [0.3, 0.4) is 0 Å². The Bertz CT molecular complexity index is 1160. The van der Waals surface area contributed by atoms with E-state index in [-0.39, 0.29) is 5.56 Å². The third kappa shape index (κ3) is 3.88. The fraction of sp³-hybridized carbons (Fsp3) is 0.250. The topological polar surface area (TPSA) is 44.1 Å². The lowest BCUT2D eigenvalue weighted by Crippen LogP contribution is -2.27. The molecule has 4 aromatic rings. The second-order valence-electron chi connectivity index (χ2n) is 7.00. The molecule has 0 atom stereocenters. The molecule has 4 rings (SSSR count). The fourth-order valence-corrected chi connectivity index (χ4v) is 4.54. The van der Waals surface area contributed by atoms with E-state index in [4.69, 9.17) is 9.72 Å². The van der Waals surface area contributed by atoms with Crippen molar-refractivity contribution in [2.75, 3.05) is 13.7 Å². The molecule has 5 heteroatoms. The minimum absolute atomic E-state index is 0.0267. The molecule has 2 aromatic carbocycles. The minimum Gasteiger partial charge on any atom is -0.383 e. The number of ether oxygens (including phenoxy) is 1. The van der Waals surface area contributed by atoms with Crippen LogP contribution in [-0.4, -0.2) is 23.3 Å². The Hall–Kier alpha value is -2.76. The zero-order chi connectivity index (χ0) is 20.2. The predicted octanol–water partition coefficient (Wildman–Crippen LogP) is 5.39. The number of fused-ring (bicyclic) bond motifs is 1. The standard InChI is InChI=1S/C24H24N2O2S/c1-3-7-21-25-23-22(24(27)26(21)14-15-28-2)20(16-29-23)19-12-10-18(11-13-19)17-8-5-4-6-9-17/h4-6,8-13,16H,3,7,14-15H2,1-2H3. The van der Waals surface area contributed by atoms with E-state index in [1.165, 1.54) is 5.56 Å². The van der Waals surface area contributed by atoms with Crippen LogP contribution >= 0.6 is 11.3 Å². The van der Waals surface area contributed by atoms with Crippen molar-refractivity contribution in [3.05, 3.63) is 76.2 Å². The third-order valence-corrected chi connectivity index (χ3v) is 5.94. The number of thiophene rings is 1. The maximum atomic E-state index is 13.3. The van der Waals surface area contributed by atoms with E-state index in [2.05, 4.69) is 43.3 Å². The highest BCUT2D eigenvalue weighted by Crippen LogP contribution is 2.32. The number of hydrogen-bond donors (Lipinski definition) is 0. The molecule has 0 aliphatic carbocycles. The number of aryl methyl sites for hydroxylation is 1. The second kappa shape index (κ2) is 8.72. The second-order valence-corrected chi connectivity index (χ2v) is 7.86. The van der Waals surface area contributed by atoms with Crippen molar-refractivity contribution >= 4 is 21.6 Å². The average Bonchev–Trinajstić information content (AvgIpc) is 3.19. The van der Waals surface area contributed by atoms with Crippen LogP contribution < -0.4 is 5.56 Å². The summed E-state index contributed by atoms with van der Waals surface area (Å²) in [6.45, 7) is 3.12. The van der Waals surface area contributed by atoms with E-state index in [1.54, 1.807) is 23.0 Å². The zero-order valence-electron chi connectivity index (χ0n) is 16.7. The van der Waals surface area contributed by atoms with Gasteiger partial charge in [0.1, 0.15) is 10.7 Å². The molecular weight excluding hydrogens is 380 g/mol. The Morgan fingerprint density at radius 2 is 1.69 bits per heavy atom. The first-order valence-electron chi connectivity index (χ1n) is 9.88. The molecule has 2 aromatic heterocycles. The minimum atomic E-state index is 0.0267. The van der Waals surface area contributed by atoms with Gasteiger partial charge in [0.05, 0.1) is 18.5 Å². The molecule has 0 N–H and O–H groups in total. The van der Waals surface area contributed by atoms with Gasteiger partial charge in [0.2, 0.25) is 0 Å². The number of benzene rings is 2. The lowest BCUT2D eigenvalue weighted by Gasteiger charge is -2.12. The summed E-state index contributed by atoms with van der Waals surface area (Å²) in [6.07, 6.45) is 1.73. The van der Waals surface area contributed by atoms with Crippen LogP contribution in [0.5, 0.6) is 0 Å². The molecule has 0 saturated carbocycles. The monoisotopic (exact) mass is 404 g/mol. The van der Waals surface area contributed by atoms with Gasteiger partial charge >= 0.3 is 0 Å². The summed E-state index contributed by atoms with van der Waals surface area (Å²) in [7, 11) is 1.65. The molecule has 0 saturated heterocycles. The van der Waals surface area contributed by atoms with E-state index >= 15 is 0 Å². The van der Waals surface area contributed by atoms with Crippen LogP contribution in [-0.2, 0) is 17.7 Å². The molecule has 0 aliphatic heterocycles. The van der Waals surface area contributed by atoms with Crippen LogP contribution in [0.1, 0.15) is 19.2 Å². The fourth-order valence-electron chi connectivity index (χ4n) is 3.58. The van der Waals surface area contributed by atoms with Crippen LogP contribution in [0.25, 0.3) is 32.5 Å². The largest absolute Gasteiger partial charge is 0.383 e. The summed E-state index contributed by atoms with van der Waals surface area (Å²) >= 11 is 1.54. The zero-order valence-corrected chi connectivity index (χ0v) is 17.5. The van der Waals surface area contributed by atoms with Crippen LogP contribution in [0.15, 0.2) is 64.8 Å². The molecular formula is C24H24N2O2S. The van der Waals surface area contributed by atoms with E-state index in [0.717, 1.165) is 40.2 Å². The predicted molar refractivity (Wildman–Crippen MR) is 121 cm³/mol. The quantitative estimate of drug-likeness (QED) is 0.415. The summed E-state index contributed by atoms with van der Waals surface area (Å²) in [4.78, 5) is 19.0. The highest BCUT2D eigenvalue weighted by atomic mass is 32.1. The van der Waals surface area contributed by atoms with Gasteiger partial charge in [0.25, 0.3) is 5.56 Å². The SMILES string of the molecule is CCCc1nc2scc(-c3ccc(-c4ccccc4)cc3)c2c(=O)n1CCOC. The summed E-state index contributed by atoms with van der Waals surface area (Å²) < 4.78 is 6.99. The molecule has 29 heavy (non-hydrogen) atoms. The molecule has 0 bridgehead atoms. The van der Waals surface area contributed by atoms with Gasteiger partial charge in [0.15, 0.2) is 0 Å². The van der Waals surface area contributed by atoms with Crippen molar-refractivity contribution in [1.82, 2.24) is 9.55 Å². The summed E-state index contributed by atoms with van der Waals surface area (Å²) in [5.41, 5.74) is 4.36. The normalized spacial score (nSPS) is 11.2. The molecule has 2 heterocycles. The Labute approximate surface area is 174 Å². The van der Waals surface area contributed by atoms with E-state index in [9.17, 15) is 4.79 Å². The number of aromatic nitrogens is 2. The van der Waals surface area contributed by atoms with E-state index in [1.807, 2.05) is 23.6 Å². The number of nitrogens with zero attached hydrogens (tertiary/aromatic N) is 2. The summed E-state index contributed by atoms with van der Waals surface area (Å²) in [5.74, 6) is 0.842. The van der Waals surface area contributed by atoms with Gasteiger partial charge < -0.3 is 4.74 Å². The van der Waals surface area contributed by atoms with Crippen molar-refractivity contribution in [3.63, 3.8) is 0 Å². The number of methoxy groups -OCH3 is 1. The molecule has 0 amide bonds. The van der Waals surface area contributed by atoms with Gasteiger partial charge in [-0.2, -0.15) is 0 Å². The van der Waals surface area contributed by atoms with Gasteiger partial charge in [-0.1, -0.05) is 61.5 Å². The summed E-state index contributed by atoms with van der Waals surface area (Å²) in [6, 6.07) is 18.7. The van der Waals surface area contributed by atoms with Gasteiger partial charge in [-0.3, -0.25) is 9.36 Å². The van der Waals surface area contributed by atoms with Crippen LogP contribution in [0.4, 0.5) is 0 Å². The van der Waals surface area contributed by atoms with Gasteiger partial charge in [-0.25, -0.2) is 4.98 Å². The Morgan fingerprint density at radius 3 is 2.38 bits per heavy atom. The van der Waals surface area contributed by atoms with Crippen molar-refractivity contribution in [1.29, 1.82) is 0 Å². The highest BCUT2D eigenvalue weighted by molar-refractivity contribution is 7.17. The van der Waals surface area contributed by atoms with Crippen molar-refractivity contribution in [3.8, 4) is 22.3 Å². The summed E-state index contributed by atoms with van der Waals surface area (Å²) in [5, 5.41) is 2.76. The van der Waals surface area contributed by atoms with Gasteiger partial charge in [0, 0.05) is 24.5 Å². The number of hydrogen-bond acceptors (Lipinski definition) is 4. The smallest absolute Gasteiger partial charge is 0.262 e. The molecule has 0 aliphatic rings. The first kappa shape index (κ1) is 19.6. The number of rotatable bonds is 7. The first-order chi connectivity index (χ1) is 14.2. The molecule has 0 radical (unpaired) electrons. The molecule has 0 unspecified atom stereocenters. The van der Waals surface area contributed by atoms with Gasteiger partial charge in [-0.15, -0.1) is 11.3 Å². The third-order valence-electron chi connectivity index (χ3n) is 5.07. The molecule has 0 fully saturated rings. The van der Waals surface area contributed by atoms with Gasteiger partial charge in [-0.05, 0) is 23.1 Å². The van der Waals surface area contributed by atoms with E-state index < -0.39 is 0 Å². The van der Waals surface area contributed by atoms with Crippen LogP contribution in [0, 0.1) is 0 Å². The molecule has 4 nitrogen and oxygen atoms in total. The maximum Gasteiger partial charge on any atom is 0.262 e. The highest BCUT2D eigenvalue weighted by Gasteiger charge is 2.16. The molecule has 148 valence electrons. The lowest BCUT2D eigenvalue weighted by molar-refractivity contribution is 0.185. The van der Waals surface area contributed by atoms with Crippen LogP contribution in [0.2, 0.25) is 0 Å². The average molecular weight is 405 g/mol. The van der Waals surface area contributed by atoms with Crippen molar-refractivity contribution in [2.45, 2.75) is 26.3 Å². The van der Waals surface area contributed by atoms with E-state index in [0.29, 0.717) is 18.5 Å². The Kier molecular flexibility index (Phi) is 5.88. The van der Waals surface area contributed by atoms with Crippen molar-refractivity contribution in [2.24, 2.45) is 0 Å². The maximum absolute atomic E-state index is 13.3. The Morgan fingerprint density at radius 1 is 1.00 bits per heavy atom. The van der Waals surface area contributed by atoms with Crippen molar-refractivity contribution < 1.29 is 4.74 Å².